The molecule has 2 aromatic rings. The maximum Gasteiger partial charge on any atom is 0.312 e. The van der Waals surface area contributed by atoms with Gasteiger partial charge in [-0.2, -0.15) is 5.10 Å². The van der Waals surface area contributed by atoms with Crippen LogP contribution in [0, 0.1) is 34.1 Å². The second-order valence-electron chi connectivity index (χ2n) is 4.54. The van der Waals surface area contributed by atoms with Crippen molar-refractivity contribution in [1.82, 2.24) is 9.78 Å². The molecule has 0 aliphatic rings. The summed E-state index contributed by atoms with van der Waals surface area (Å²) in [6.07, 6.45) is 0. The molecule has 2 rings (SSSR count). The van der Waals surface area contributed by atoms with Crippen LogP contribution in [-0.2, 0) is 6.54 Å². The minimum atomic E-state index is -0.567. The maximum absolute atomic E-state index is 11.0. The smallest absolute Gasteiger partial charge is 0.312 e. The van der Waals surface area contributed by atoms with E-state index < -0.39 is 9.85 Å². The Hall–Kier alpha value is -2.97. The van der Waals surface area contributed by atoms with Gasteiger partial charge >= 0.3 is 5.69 Å². The van der Waals surface area contributed by atoms with E-state index in [2.05, 4.69) is 5.10 Å². The van der Waals surface area contributed by atoms with Crippen molar-refractivity contribution >= 4 is 17.1 Å². The molecule has 0 aliphatic heterocycles. The lowest BCUT2D eigenvalue weighted by molar-refractivity contribution is -0.386. The summed E-state index contributed by atoms with van der Waals surface area (Å²) < 4.78 is 1.42. The number of nitrogens with two attached hydrogens (primary N) is 1. The number of rotatable bonds is 4. The van der Waals surface area contributed by atoms with Gasteiger partial charge in [-0.1, -0.05) is 12.1 Å². The van der Waals surface area contributed by atoms with Gasteiger partial charge in [0.05, 0.1) is 16.4 Å². The predicted octanol–water partition coefficient (Wildman–Crippen LogP) is 1.95. The fourth-order valence-electron chi connectivity index (χ4n) is 2.16. The van der Waals surface area contributed by atoms with Gasteiger partial charge < -0.3 is 5.73 Å². The normalized spacial score (nSPS) is 10.6. The largest absolute Gasteiger partial charge is 0.393 e. The number of hydrogen-bond acceptors (Lipinski definition) is 6. The first kappa shape index (κ1) is 14.4. The van der Waals surface area contributed by atoms with Gasteiger partial charge in [-0.25, -0.2) is 0 Å². The Bertz CT molecular complexity index is 737. The fraction of sp³-hybridized carbons (Fsp3) is 0.250. The average Bonchev–Trinajstić information content (AvgIpc) is 2.66. The van der Waals surface area contributed by atoms with E-state index in [-0.39, 0.29) is 23.6 Å². The number of nitrogen functional groups attached to an aromatic ring is 1. The monoisotopic (exact) mass is 291 g/mol. The van der Waals surface area contributed by atoms with E-state index in [9.17, 15) is 20.2 Å². The highest BCUT2D eigenvalue weighted by Crippen LogP contribution is 2.27. The van der Waals surface area contributed by atoms with Crippen molar-refractivity contribution < 1.29 is 9.85 Å². The minimum Gasteiger partial charge on any atom is -0.393 e. The van der Waals surface area contributed by atoms with Crippen LogP contribution in [0.1, 0.15) is 17.0 Å². The molecule has 2 N–H and O–H groups in total. The zero-order chi connectivity index (χ0) is 15.7. The second kappa shape index (κ2) is 5.19. The van der Waals surface area contributed by atoms with Crippen molar-refractivity contribution in [3.8, 4) is 0 Å². The van der Waals surface area contributed by atoms with Gasteiger partial charge in [0, 0.05) is 11.6 Å². The predicted molar refractivity (Wildman–Crippen MR) is 75.0 cm³/mol. The molecule has 0 atom stereocenters. The number of aryl methyl sites for hydroxylation is 1. The molecule has 1 aromatic carbocycles. The summed E-state index contributed by atoms with van der Waals surface area (Å²) in [4.78, 5) is 20.7. The quantitative estimate of drug-likeness (QED) is 0.520. The lowest BCUT2D eigenvalue weighted by Crippen LogP contribution is -2.08. The standard InChI is InChI=1S/C12H13N5O4/c1-7-12(17(20)21)8(2)15(14-7)6-9-4-3-5-10(11(9)13)16(18)19/h3-5H,6,13H2,1-2H3. The SMILES string of the molecule is Cc1nn(Cc2cccc([N+](=O)[O-])c2N)c(C)c1[N+](=O)[O-]. The van der Waals surface area contributed by atoms with Gasteiger partial charge in [-0.3, -0.25) is 24.9 Å². The van der Waals surface area contributed by atoms with Crippen molar-refractivity contribution in [1.29, 1.82) is 0 Å². The van der Waals surface area contributed by atoms with Crippen LogP contribution in [0.3, 0.4) is 0 Å². The Balaban J connectivity index is 2.44. The molecule has 0 saturated carbocycles. The molecule has 0 unspecified atom stereocenters. The van der Waals surface area contributed by atoms with Crippen LogP contribution in [0.2, 0.25) is 0 Å². The van der Waals surface area contributed by atoms with Gasteiger partial charge in [0.25, 0.3) is 5.69 Å². The minimum absolute atomic E-state index is 0.0395. The number of nitro groups is 2. The average molecular weight is 291 g/mol. The molecule has 0 aliphatic carbocycles. The number of anilines is 1. The summed E-state index contributed by atoms with van der Waals surface area (Å²) >= 11 is 0. The highest BCUT2D eigenvalue weighted by atomic mass is 16.6. The Morgan fingerprint density at radius 3 is 2.43 bits per heavy atom. The first-order chi connectivity index (χ1) is 9.82. The Kier molecular flexibility index (Phi) is 3.57. The van der Waals surface area contributed by atoms with Crippen LogP contribution < -0.4 is 5.73 Å². The van der Waals surface area contributed by atoms with Crippen molar-refractivity contribution in [2.45, 2.75) is 20.4 Å². The highest BCUT2D eigenvalue weighted by molar-refractivity contribution is 5.63. The van der Waals surface area contributed by atoms with Gasteiger partial charge in [0.15, 0.2) is 0 Å². The van der Waals surface area contributed by atoms with Crippen molar-refractivity contribution in [3.05, 3.63) is 55.4 Å². The number of hydrogen-bond donors (Lipinski definition) is 1. The third-order valence-corrected chi connectivity index (χ3v) is 3.22. The third-order valence-electron chi connectivity index (χ3n) is 3.22. The van der Waals surface area contributed by atoms with E-state index in [1.54, 1.807) is 19.9 Å². The van der Waals surface area contributed by atoms with Crippen LogP contribution in [0.15, 0.2) is 18.2 Å². The van der Waals surface area contributed by atoms with Crippen LogP contribution in [0.4, 0.5) is 17.1 Å². The molecule has 0 radical (unpaired) electrons. The maximum atomic E-state index is 11.0. The van der Waals surface area contributed by atoms with Crippen LogP contribution in [0.25, 0.3) is 0 Å². The van der Waals surface area contributed by atoms with E-state index in [4.69, 9.17) is 5.73 Å². The second-order valence-corrected chi connectivity index (χ2v) is 4.54. The highest BCUT2D eigenvalue weighted by Gasteiger charge is 2.23. The van der Waals surface area contributed by atoms with E-state index in [0.29, 0.717) is 17.0 Å². The Morgan fingerprint density at radius 1 is 1.24 bits per heavy atom. The summed E-state index contributed by atoms with van der Waals surface area (Å²) in [6, 6.07) is 4.46. The van der Waals surface area contributed by atoms with Crippen molar-refractivity contribution in [3.63, 3.8) is 0 Å². The zero-order valence-corrected chi connectivity index (χ0v) is 11.4. The van der Waals surface area contributed by atoms with E-state index >= 15 is 0 Å². The van der Waals surface area contributed by atoms with Crippen molar-refractivity contribution in [2.24, 2.45) is 0 Å². The van der Waals surface area contributed by atoms with Crippen LogP contribution in [-0.4, -0.2) is 19.6 Å². The topological polar surface area (TPSA) is 130 Å². The van der Waals surface area contributed by atoms with Crippen LogP contribution >= 0.6 is 0 Å². The van der Waals surface area contributed by atoms with Gasteiger partial charge in [0.1, 0.15) is 17.1 Å². The zero-order valence-electron chi connectivity index (χ0n) is 11.4. The molecular weight excluding hydrogens is 278 g/mol. The summed E-state index contributed by atoms with van der Waals surface area (Å²) in [5.41, 5.74) is 6.72. The number of benzene rings is 1. The third kappa shape index (κ3) is 2.53. The molecule has 110 valence electrons. The summed E-state index contributed by atoms with van der Waals surface area (Å²) in [7, 11) is 0. The summed E-state index contributed by atoms with van der Waals surface area (Å²) in [5, 5.41) is 25.9. The molecule has 0 fully saturated rings. The van der Waals surface area contributed by atoms with Gasteiger partial charge in [0.2, 0.25) is 0 Å². The Labute approximate surface area is 119 Å². The molecule has 9 nitrogen and oxygen atoms in total. The molecular formula is C12H13N5O4. The molecule has 21 heavy (non-hydrogen) atoms. The summed E-state index contributed by atoms with van der Waals surface area (Å²) in [6.45, 7) is 3.25. The molecule has 1 heterocycles. The molecule has 1 aromatic heterocycles. The molecule has 0 saturated heterocycles. The van der Waals surface area contributed by atoms with Gasteiger partial charge in [-0.05, 0) is 13.8 Å². The Morgan fingerprint density at radius 2 is 1.90 bits per heavy atom. The molecule has 0 amide bonds. The first-order valence-electron chi connectivity index (χ1n) is 6.03. The van der Waals surface area contributed by atoms with Crippen molar-refractivity contribution in [2.75, 3.05) is 5.73 Å². The molecule has 0 bridgehead atoms. The number of para-hydroxylation sites is 1. The van der Waals surface area contributed by atoms with E-state index in [0.717, 1.165) is 0 Å². The number of nitrogens with zero attached hydrogens (tertiary/aromatic N) is 4. The molecule has 9 heteroatoms. The lowest BCUT2D eigenvalue weighted by Gasteiger charge is -2.07. The number of aromatic nitrogens is 2. The number of nitro benzene ring substituents is 1. The molecule has 0 spiro atoms. The first-order valence-corrected chi connectivity index (χ1v) is 6.03. The fourth-order valence-corrected chi connectivity index (χ4v) is 2.16. The lowest BCUT2D eigenvalue weighted by atomic mass is 10.1. The van der Waals surface area contributed by atoms with E-state index in [1.165, 1.54) is 16.8 Å². The van der Waals surface area contributed by atoms with Gasteiger partial charge in [-0.15, -0.1) is 0 Å². The van der Waals surface area contributed by atoms with Crippen LogP contribution in [0.5, 0.6) is 0 Å². The summed E-state index contributed by atoms with van der Waals surface area (Å²) in [5.74, 6) is 0. The van der Waals surface area contributed by atoms with E-state index in [1.807, 2.05) is 0 Å².